The van der Waals surface area contributed by atoms with Gasteiger partial charge in [-0.3, -0.25) is 19.3 Å². The van der Waals surface area contributed by atoms with Crippen molar-refractivity contribution in [2.24, 2.45) is 0 Å². The minimum Gasteiger partial charge on any atom is -0.495 e. The molecule has 0 fully saturated rings. The van der Waals surface area contributed by atoms with Crippen molar-refractivity contribution in [2.45, 2.75) is 19.9 Å². The first kappa shape index (κ1) is 21.4. The van der Waals surface area contributed by atoms with E-state index in [2.05, 4.69) is 10.3 Å². The number of methoxy groups -OCH3 is 1. The maximum absolute atomic E-state index is 13.1. The third-order valence-corrected chi connectivity index (χ3v) is 5.96. The topological polar surface area (TPSA) is 93.0 Å². The fraction of sp³-hybridized carbons (Fsp3) is 0.154. The van der Waals surface area contributed by atoms with Crippen LogP contribution in [0.5, 0.6) is 5.75 Å². The van der Waals surface area contributed by atoms with Crippen LogP contribution in [0.3, 0.4) is 0 Å². The standard InChI is InChI=1S/C26H22N4O4/c1-15-10-11-29-14-21(27-23(29)12-15)17-8-9-22(34-3)20(13-17)28-24(31)16(2)30-25(32)18-6-4-5-7-19(18)26(30)33/h4-14,16H,1-3H3,(H,28,31). The van der Waals surface area contributed by atoms with Crippen molar-refractivity contribution >= 4 is 29.1 Å². The van der Waals surface area contributed by atoms with Gasteiger partial charge in [-0.2, -0.15) is 0 Å². The van der Waals surface area contributed by atoms with E-state index in [4.69, 9.17) is 4.74 Å². The Morgan fingerprint density at radius 3 is 2.41 bits per heavy atom. The molecule has 0 radical (unpaired) electrons. The van der Waals surface area contributed by atoms with Crippen molar-refractivity contribution in [1.82, 2.24) is 14.3 Å². The van der Waals surface area contributed by atoms with E-state index in [9.17, 15) is 14.4 Å². The highest BCUT2D eigenvalue weighted by Gasteiger charge is 2.40. The Kier molecular flexibility index (Phi) is 5.13. The average molecular weight is 454 g/mol. The number of hydrogen-bond acceptors (Lipinski definition) is 5. The fourth-order valence-corrected chi connectivity index (χ4v) is 4.10. The van der Waals surface area contributed by atoms with E-state index in [0.29, 0.717) is 22.6 Å². The molecular formula is C26H22N4O4. The molecule has 0 saturated heterocycles. The lowest BCUT2D eigenvalue weighted by molar-refractivity contribution is -0.119. The van der Waals surface area contributed by atoms with Crippen LogP contribution in [0, 0.1) is 6.92 Å². The third-order valence-electron chi connectivity index (χ3n) is 5.96. The fourth-order valence-electron chi connectivity index (χ4n) is 4.10. The lowest BCUT2D eigenvalue weighted by Gasteiger charge is -2.22. The molecule has 1 aliphatic rings. The van der Waals surface area contributed by atoms with Gasteiger partial charge < -0.3 is 14.5 Å². The van der Waals surface area contributed by atoms with Gasteiger partial charge in [0.15, 0.2) is 0 Å². The molecule has 0 bridgehead atoms. The molecule has 0 aliphatic carbocycles. The Hall–Kier alpha value is -4.46. The second-order valence-electron chi connectivity index (χ2n) is 8.20. The van der Waals surface area contributed by atoms with Crippen molar-refractivity contribution in [3.63, 3.8) is 0 Å². The molecule has 0 spiro atoms. The molecule has 4 aromatic rings. The molecule has 1 N–H and O–H groups in total. The second kappa shape index (κ2) is 8.15. The zero-order valence-corrected chi connectivity index (χ0v) is 18.9. The summed E-state index contributed by atoms with van der Waals surface area (Å²) in [4.78, 5) is 44.3. The number of hydrogen-bond donors (Lipinski definition) is 1. The van der Waals surface area contributed by atoms with E-state index in [0.717, 1.165) is 27.4 Å². The largest absolute Gasteiger partial charge is 0.495 e. The second-order valence-corrected chi connectivity index (χ2v) is 8.20. The zero-order chi connectivity index (χ0) is 24.0. The van der Waals surface area contributed by atoms with Gasteiger partial charge in [0.05, 0.1) is 29.6 Å². The molecule has 8 nitrogen and oxygen atoms in total. The predicted molar refractivity (Wildman–Crippen MR) is 127 cm³/mol. The minimum absolute atomic E-state index is 0.300. The lowest BCUT2D eigenvalue weighted by atomic mass is 10.1. The molecule has 5 rings (SSSR count). The highest BCUT2D eigenvalue weighted by Crippen LogP contribution is 2.31. The van der Waals surface area contributed by atoms with Crippen LogP contribution in [-0.4, -0.2) is 45.2 Å². The number of ether oxygens (including phenoxy) is 1. The quantitative estimate of drug-likeness (QED) is 0.461. The summed E-state index contributed by atoms with van der Waals surface area (Å²) >= 11 is 0. The summed E-state index contributed by atoms with van der Waals surface area (Å²) in [7, 11) is 1.51. The summed E-state index contributed by atoms with van der Waals surface area (Å²) < 4.78 is 7.35. The van der Waals surface area contributed by atoms with Crippen LogP contribution in [-0.2, 0) is 4.79 Å². The highest BCUT2D eigenvalue weighted by molar-refractivity contribution is 6.23. The van der Waals surface area contributed by atoms with Crippen molar-refractivity contribution in [3.8, 4) is 17.0 Å². The monoisotopic (exact) mass is 454 g/mol. The maximum Gasteiger partial charge on any atom is 0.262 e. The van der Waals surface area contributed by atoms with E-state index in [1.54, 1.807) is 36.4 Å². The van der Waals surface area contributed by atoms with E-state index in [1.165, 1.54) is 14.0 Å². The number of aromatic nitrogens is 2. The van der Waals surface area contributed by atoms with Crippen LogP contribution >= 0.6 is 0 Å². The molecule has 170 valence electrons. The zero-order valence-electron chi connectivity index (χ0n) is 18.9. The number of nitrogens with one attached hydrogen (secondary N) is 1. The maximum atomic E-state index is 13.1. The van der Waals surface area contributed by atoms with Crippen LogP contribution in [0.1, 0.15) is 33.2 Å². The number of carbonyl (C=O) groups excluding carboxylic acids is 3. The van der Waals surface area contributed by atoms with Gasteiger partial charge in [-0.25, -0.2) is 4.98 Å². The molecule has 2 aromatic carbocycles. The Labute approximate surface area is 195 Å². The number of carbonyl (C=O) groups is 3. The Morgan fingerprint density at radius 2 is 1.74 bits per heavy atom. The molecular weight excluding hydrogens is 432 g/mol. The van der Waals surface area contributed by atoms with Gasteiger partial charge in [-0.15, -0.1) is 0 Å². The van der Waals surface area contributed by atoms with Gasteiger partial charge in [-0.05, 0) is 61.9 Å². The molecule has 1 atom stereocenters. The van der Waals surface area contributed by atoms with Gasteiger partial charge in [0.25, 0.3) is 11.8 Å². The normalized spacial score (nSPS) is 13.8. The van der Waals surface area contributed by atoms with Crippen molar-refractivity contribution in [2.75, 3.05) is 12.4 Å². The van der Waals surface area contributed by atoms with Gasteiger partial charge in [0, 0.05) is 18.0 Å². The number of imidazole rings is 1. The number of imide groups is 1. The number of amides is 3. The van der Waals surface area contributed by atoms with Crippen LogP contribution in [0.2, 0.25) is 0 Å². The van der Waals surface area contributed by atoms with E-state index < -0.39 is 23.8 Å². The molecule has 3 amide bonds. The first-order valence-corrected chi connectivity index (χ1v) is 10.8. The number of rotatable bonds is 5. The molecule has 1 unspecified atom stereocenters. The summed E-state index contributed by atoms with van der Waals surface area (Å²) in [5, 5.41) is 2.81. The van der Waals surface area contributed by atoms with Crippen molar-refractivity contribution in [1.29, 1.82) is 0 Å². The number of fused-ring (bicyclic) bond motifs is 2. The van der Waals surface area contributed by atoms with E-state index in [1.807, 2.05) is 41.9 Å². The molecule has 2 aromatic heterocycles. The van der Waals surface area contributed by atoms with Gasteiger partial charge in [0.2, 0.25) is 5.91 Å². The van der Waals surface area contributed by atoms with Crippen LogP contribution in [0.15, 0.2) is 67.0 Å². The molecule has 34 heavy (non-hydrogen) atoms. The van der Waals surface area contributed by atoms with Crippen LogP contribution < -0.4 is 10.1 Å². The number of anilines is 1. The summed E-state index contributed by atoms with van der Waals surface area (Å²) in [6, 6.07) is 14.9. The molecule has 8 heteroatoms. The van der Waals surface area contributed by atoms with Crippen LogP contribution in [0.25, 0.3) is 16.9 Å². The van der Waals surface area contributed by atoms with E-state index >= 15 is 0 Å². The van der Waals surface area contributed by atoms with Gasteiger partial charge in [0.1, 0.15) is 17.4 Å². The molecule has 3 heterocycles. The number of aryl methyl sites for hydroxylation is 1. The summed E-state index contributed by atoms with van der Waals surface area (Å²) in [6.07, 6.45) is 3.85. The van der Waals surface area contributed by atoms with Crippen molar-refractivity contribution in [3.05, 3.63) is 83.7 Å². The highest BCUT2D eigenvalue weighted by atomic mass is 16.5. The third kappa shape index (κ3) is 3.49. The average Bonchev–Trinajstić information content (AvgIpc) is 3.37. The first-order valence-electron chi connectivity index (χ1n) is 10.8. The molecule has 1 aliphatic heterocycles. The summed E-state index contributed by atoms with van der Waals surface area (Å²) in [6.45, 7) is 3.53. The Balaban J connectivity index is 1.43. The number of pyridine rings is 1. The minimum atomic E-state index is -1.01. The predicted octanol–water partition coefficient (Wildman–Crippen LogP) is 3.94. The first-order chi connectivity index (χ1) is 16.4. The van der Waals surface area contributed by atoms with Gasteiger partial charge >= 0.3 is 0 Å². The Morgan fingerprint density at radius 1 is 1.03 bits per heavy atom. The number of nitrogens with zero attached hydrogens (tertiary/aromatic N) is 3. The smallest absolute Gasteiger partial charge is 0.262 e. The number of benzene rings is 2. The summed E-state index contributed by atoms with van der Waals surface area (Å²) in [5.74, 6) is -1.02. The van der Waals surface area contributed by atoms with Gasteiger partial charge in [-0.1, -0.05) is 12.1 Å². The van der Waals surface area contributed by atoms with Crippen LogP contribution in [0.4, 0.5) is 5.69 Å². The molecule has 0 saturated carbocycles. The summed E-state index contributed by atoms with van der Waals surface area (Å²) in [5.41, 5.74) is 4.46. The van der Waals surface area contributed by atoms with Crippen molar-refractivity contribution < 1.29 is 19.1 Å². The lowest BCUT2D eigenvalue weighted by Crippen LogP contribution is -2.45. The SMILES string of the molecule is COc1ccc(-c2cn3ccc(C)cc3n2)cc1NC(=O)C(C)N1C(=O)c2ccccc2C1=O. The Bertz CT molecular complexity index is 1440. The van der Waals surface area contributed by atoms with E-state index in [-0.39, 0.29) is 0 Å².